The number of allylic oxidation sites excluding steroid dienone is 1. The van der Waals surface area contributed by atoms with E-state index in [2.05, 4.69) is 5.32 Å². The van der Waals surface area contributed by atoms with Crippen LogP contribution in [0, 0.1) is 0 Å². The van der Waals surface area contributed by atoms with Gasteiger partial charge in [0.05, 0.1) is 0 Å². The normalized spacial score (nSPS) is 17.9. The van der Waals surface area contributed by atoms with Gasteiger partial charge in [-0.05, 0) is 48.7 Å². The number of para-hydroxylation sites is 1. The molecule has 32 heavy (non-hydrogen) atoms. The Balaban J connectivity index is 1.16. The lowest BCUT2D eigenvalue weighted by atomic mass is 10.0. The van der Waals surface area contributed by atoms with Crippen molar-refractivity contribution in [3.63, 3.8) is 0 Å². The molecular weight excluding hydrogens is 410 g/mol. The molecule has 3 amide bonds. The van der Waals surface area contributed by atoms with Crippen LogP contribution in [-0.2, 0) is 11.3 Å². The van der Waals surface area contributed by atoms with Crippen molar-refractivity contribution in [2.45, 2.75) is 25.4 Å². The van der Waals surface area contributed by atoms with Crippen LogP contribution in [0.3, 0.4) is 0 Å². The molecule has 0 radical (unpaired) electrons. The van der Waals surface area contributed by atoms with Crippen LogP contribution in [0.5, 0.6) is 11.5 Å². The number of carbonyl (C=O) groups excluding carboxylic acids is 3. The van der Waals surface area contributed by atoms with Crippen LogP contribution >= 0.6 is 0 Å². The number of amides is 3. The number of ketones is 1. The van der Waals surface area contributed by atoms with E-state index in [9.17, 15) is 14.4 Å². The lowest BCUT2D eigenvalue weighted by Gasteiger charge is -2.40. The number of carbonyl (C=O) groups is 3. The average molecular weight is 433 g/mol. The van der Waals surface area contributed by atoms with Gasteiger partial charge in [0.25, 0.3) is 0 Å². The van der Waals surface area contributed by atoms with Gasteiger partial charge >= 0.3 is 6.03 Å². The highest BCUT2D eigenvalue weighted by molar-refractivity contribution is 6.08. The minimum atomic E-state index is -0.268. The second-order valence-corrected chi connectivity index (χ2v) is 8.04. The van der Waals surface area contributed by atoms with E-state index in [0.717, 1.165) is 11.3 Å². The summed E-state index contributed by atoms with van der Waals surface area (Å²) >= 11 is 0. The fourth-order valence-corrected chi connectivity index (χ4v) is 4.31. The number of hydrogen-bond donors (Lipinski definition) is 1. The summed E-state index contributed by atoms with van der Waals surface area (Å²) in [5.74, 6) is 0.665. The topological polar surface area (TPSA) is 88.2 Å². The third-order valence-corrected chi connectivity index (χ3v) is 6.11. The predicted molar refractivity (Wildman–Crippen MR) is 117 cm³/mol. The molecule has 164 valence electrons. The summed E-state index contributed by atoms with van der Waals surface area (Å²) in [5.41, 5.74) is 2.39. The van der Waals surface area contributed by atoms with Gasteiger partial charge in [-0.3, -0.25) is 9.59 Å². The number of urea groups is 1. The molecule has 8 nitrogen and oxygen atoms in total. The van der Waals surface area contributed by atoms with Gasteiger partial charge in [0, 0.05) is 43.0 Å². The number of nitrogens with one attached hydrogen (secondary N) is 1. The Morgan fingerprint density at radius 3 is 2.62 bits per heavy atom. The van der Waals surface area contributed by atoms with Crippen LogP contribution in [0.25, 0.3) is 0 Å². The molecule has 0 bridgehead atoms. The van der Waals surface area contributed by atoms with Crippen molar-refractivity contribution in [1.29, 1.82) is 0 Å². The fraction of sp³-hybridized carbons (Fsp3) is 0.292. The minimum Gasteiger partial charge on any atom is -0.454 e. The Labute approximate surface area is 185 Å². The maximum absolute atomic E-state index is 12.6. The van der Waals surface area contributed by atoms with Crippen molar-refractivity contribution in [3.8, 4) is 11.5 Å². The van der Waals surface area contributed by atoms with Crippen molar-refractivity contribution in [3.05, 3.63) is 65.7 Å². The molecule has 2 aromatic rings. The van der Waals surface area contributed by atoms with Gasteiger partial charge in [0.1, 0.15) is 0 Å². The molecule has 2 aromatic carbocycles. The van der Waals surface area contributed by atoms with Gasteiger partial charge in [0.2, 0.25) is 12.7 Å². The van der Waals surface area contributed by atoms with Crippen molar-refractivity contribution >= 4 is 23.4 Å². The smallest absolute Gasteiger partial charge is 0.322 e. The highest BCUT2D eigenvalue weighted by Gasteiger charge is 2.32. The molecule has 1 N–H and O–H groups in total. The number of fused-ring (bicyclic) bond motifs is 2. The van der Waals surface area contributed by atoms with Gasteiger partial charge in [-0.2, -0.15) is 0 Å². The third kappa shape index (κ3) is 3.91. The number of likely N-dealkylation sites (tertiary alicyclic amines) is 1. The van der Waals surface area contributed by atoms with E-state index in [0.29, 0.717) is 49.5 Å². The van der Waals surface area contributed by atoms with Crippen LogP contribution in [0.2, 0.25) is 0 Å². The van der Waals surface area contributed by atoms with E-state index in [4.69, 9.17) is 9.47 Å². The van der Waals surface area contributed by atoms with Crippen LogP contribution in [-0.4, -0.2) is 53.4 Å². The number of anilines is 1. The molecule has 0 aromatic heterocycles. The van der Waals surface area contributed by atoms with Gasteiger partial charge in [0.15, 0.2) is 17.3 Å². The maximum atomic E-state index is 12.6. The van der Waals surface area contributed by atoms with Gasteiger partial charge in [-0.1, -0.05) is 18.2 Å². The molecule has 3 aliphatic heterocycles. The summed E-state index contributed by atoms with van der Waals surface area (Å²) in [6.07, 6.45) is 4.01. The Hall–Kier alpha value is -3.81. The van der Waals surface area contributed by atoms with E-state index >= 15 is 0 Å². The number of ether oxygens (including phenoxy) is 2. The van der Waals surface area contributed by atoms with E-state index in [1.54, 1.807) is 23.1 Å². The molecule has 0 aliphatic carbocycles. The zero-order valence-corrected chi connectivity index (χ0v) is 17.5. The summed E-state index contributed by atoms with van der Waals surface area (Å²) in [6, 6.07) is 12.7. The van der Waals surface area contributed by atoms with Gasteiger partial charge in [-0.25, -0.2) is 4.79 Å². The first kappa shape index (κ1) is 20.1. The number of piperidine rings is 1. The Morgan fingerprint density at radius 2 is 1.78 bits per heavy atom. The fourth-order valence-electron chi connectivity index (χ4n) is 4.31. The lowest BCUT2D eigenvalue weighted by Crippen LogP contribution is -2.50. The first-order chi connectivity index (χ1) is 15.6. The zero-order chi connectivity index (χ0) is 22.1. The number of rotatable bonds is 4. The standard InChI is InChI=1S/C24H23N3O5/c28-20(16-5-7-21-22(13-16)32-15-31-21)6-8-23(29)26-11-9-18(10-12-26)27-14-17-3-1-2-4-19(17)25-24(27)30/h1-8,13,18H,9-12,14-15H2,(H,25,30)/b8-6+. The molecule has 0 unspecified atom stereocenters. The first-order valence-electron chi connectivity index (χ1n) is 10.6. The van der Waals surface area contributed by atoms with Crippen molar-refractivity contribution in [2.75, 3.05) is 25.2 Å². The average Bonchev–Trinajstić information content (AvgIpc) is 3.30. The van der Waals surface area contributed by atoms with Crippen LogP contribution in [0.15, 0.2) is 54.6 Å². The lowest BCUT2D eigenvalue weighted by molar-refractivity contribution is -0.127. The number of hydrogen-bond acceptors (Lipinski definition) is 5. The largest absolute Gasteiger partial charge is 0.454 e. The molecule has 8 heteroatoms. The molecule has 0 spiro atoms. The van der Waals surface area contributed by atoms with Crippen LogP contribution < -0.4 is 14.8 Å². The molecule has 3 heterocycles. The molecule has 0 atom stereocenters. The SMILES string of the molecule is O=C(/C=C/C(=O)N1CCC(N2Cc3ccccc3NC2=O)CC1)c1ccc2c(c1)OCO2. The summed E-state index contributed by atoms with van der Waals surface area (Å²) < 4.78 is 10.5. The van der Waals surface area contributed by atoms with Crippen LogP contribution in [0.1, 0.15) is 28.8 Å². The monoisotopic (exact) mass is 433 g/mol. The van der Waals surface area contributed by atoms with Crippen molar-refractivity contribution in [1.82, 2.24) is 9.80 Å². The predicted octanol–water partition coefficient (Wildman–Crippen LogP) is 3.19. The van der Waals surface area contributed by atoms with E-state index in [1.807, 2.05) is 29.2 Å². The molecule has 0 saturated carbocycles. The quantitative estimate of drug-likeness (QED) is 0.591. The summed E-state index contributed by atoms with van der Waals surface area (Å²) in [7, 11) is 0. The van der Waals surface area contributed by atoms with Gasteiger partial charge in [-0.15, -0.1) is 0 Å². The second kappa shape index (κ2) is 8.37. The van der Waals surface area contributed by atoms with E-state index < -0.39 is 0 Å². The van der Waals surface area contributed by atoms with Gasteiger partial charge < -0.3 is 24.6 Å². The van der Waals surface area contributed by atoms with Crippen molar-refractivity contribution in [2.24, 2.45) is 0 Å². The molecule has 1 saturated heterocycles. The summed E-state index contributed by atoms with van der Waals surface area (Å²) in [5, 5.41) is 2.95. The highest BCUT2D eigenvalue weighted by Crippen LogP contribution is 2.32. The number of benzene rings is 2. The number of nitrogens with zero attached hydrogens (tertiary/aromatic N) is 2. The molecule has 5 rings (SSSR count). The van der Waals surface area contributed by atoms with Crippen molar-refractivity contribution < 1.29 is 23.9 Å². The van der Waals surface area contributed by atoms with E-state index in [-0.39, 0.29) is 30.6 Å². The summed E-state index contributed by atoms with van der Waals surface area (Å²) in [4.78, 5) is 41.1. The molecule has 1 fully saturated rings. The third-order valence-electron chi connectivity index (χ3n) is 6.11. The van der Waals surface area contributed by atoms with Crippen LogP contribution in [0.4, 0.5) is 10.5 Å². The molecular formula is C24H23N3O5. The molecule has 3 aliphatic rings. The Kier molecular flexibility index (Phi) is 5.26. The maximum Gasteiger partial charge on any atom is 0.322 e. The zero-order valence-electron chi connectivity index (χ0n) is 17.5. The highest BCUT2D eigenvalue weighted by atomic mass is 16.7. The second-order valence-electron chi connectivity index (χ2n) is 8.04. The Bertz CT molecular complexity index is 1100. The Morgan fingerprint density at radius 1 is 1.00 bits per heavy atom. The van der Waals surface area contributed by atoms with E-state index in [1.165, 1.54) is 12.2 Å². The minimum absolute atomic E-state index is 0.0756. The summed E-state index contributed by atoms with van der Waals surface area (Å²) in [6.45, 7) is 1.79. The first-order valence-corrected chi connectivity index (χ1v) is 10.6.